The van der Waals surface area contributed by atoms with Gasteiger partial charge in [0.15, 0.2) is 19.0 Å². The molecule has 0 saturated heterocycles. The van der Waals surface area contributed by atoms with Crippen LogP contribution in [0.25, 0.3) is 0 Å². The fourth-order valence-corrected chi connectivity index (χ4v) is 1.83. The van der Waals surface area contributed by atoms with Gasteiger partial charge in [-0.3, -0.25) is 4.79 Å². The summed E-state index contributed by atoms with van der Waals surface area (Å²) in [6.45, 7) is -0.518. The van der Waals surface area contributed by atoms with E-state index in [9.17, 15) is 9.59 Å². The largest absolute Gasteiger partial charge is 0.482 e. The molecule has 0 fully saturated rings. The number of hydrogen-bond acceptors (Lipinski definition) is 4. The van der Waals surface area contributed by atoms with Crippen LogP contribution in [-0.4, -0.2) is 25.0 Å². The lowest BCUT2D eigenvalue weighted by Crippen LogP contribution is -2.19. The summed E-state index contributed by atoms with van der Waals surface area (Å²) in [6.07, 6.45) is 0. The monoisotopic (exact) mass is 348 g/mol. The second kappa shape index (κ2) is 7.59. The first-order valence-corrected chi connectivity index (χ1v) is 7.06. The summed E-state index contributed by atoms with van der Waals surface area (Å²) in [4.78, 5) is 23.2. The van der Waals surface area contributed by atoms with Crippen molar-refractivity contribution in [2.45, 2.75) is 0 Å². The van der Waals surface area contributed by atoms with Crippen molar-refractivity contribution in [3.8, 4) is 5.75 Å². The van der Waals surface area contributed by atoms with E-state index < -0.39 is 5.97 Å². The second-order valence-corrected chi connectivity index (χ2v) is 5.11. The predicted octanol–water partition coefficient (Wildman–Crippen LogP) is 3.25. The van der Waals surface area contributed by atoms with E-state index in [1.807, 2.05) is 6.07 Å². The molecule has 0 bridgehead atoms. The average Bonchev–Trinajstić information content (AvgIpc) is 2.53. The van der Waals surface area contributed by atoms with Crippen molar-refractivity contribution in [2.75, 3.05) is 13.2 Å². The molecule has 0 aromatic heterocycles. The fourth-order valence-electron chi connectivity index (χ4n) is 1.57. The van der Waals surface area contributed by atoms with Crippen molar-refractivity contribution in [2.24, 2.45) is 0 Å². The third-order valence-corrected chi connectivity index (χ3v) is 3.16. The van der Waals surface area contributed by atoms with E-state index in [-0.39, 0.29) is 19.0 Å². The molecule has 0 aliphatic heterocycles. The zero-order chi connectivity index (χ0) is 15.1. The van der Waals surface area contributed by atoms with Crippen LogP contribution in [0.1, 0.15) is 10.4 Å². The highest BCUT2D eigenvalue weighted by atomic mass is 79.9. The Bertz CT molecular complexity index is 608. The maximum Gasteiger partial charge on any atom is 0.344 e. The molecule has 0 amide bonds. The number of ether oxygens (including phenoxy) is 2. The number of carbonyl (C=O) groups is 2. The van der Waals surface area contributed by atoms with Gasteiger partial charge in [-0.15, -0.1) is 0 Å². The minimum atomic E-state index is -0.581. The molecular formula is C16H13BrO4. The zero-order valence-corrected chi connectivity index (χ0v) is 12.7. The van der Waals surface area contributed by atoms with Crippen molar-refractivity contribution in [1.82, 2.24) is 0 Å². The van der Waals surface area contributed by atoms with Crippen LogP contribution < -0.4 is 4.74 Å². The third kappa shape index (κ3) is 5.04. The Labute approximate surface area is 130 Å². The molecule has 2 aromatic rings. The van der Waals surface area contributed by atoms with E-state index in [1.54, 1.807) is 48.5 Å². The molecule has 4 nitrogen and oxygen atoms in total. The van der Waals surface area contributed by atoms with E-state index in [0.29, 0.717) is 11.3 Å². The van der Waals surface area contributed by atoms with Gasteiger partial charge in [-0.1, -0.05) is 46.3 Å². The van der Waals surface area contributed by atoms with Crippen molar-refractivity contribution in [1.29, 1.82) is 0 Å². The van der Waals surface area contributed by atoms with E-state index in [4.69, 9.17) is 9.47 Å². The minimum absolute atomic E-state index is 0.232. The maximum atomic E-state index is 11.7. The SMILES string of the molecule is O=C(COc1ccc(Br)cc1)OCC(=O)c1ccccc1. The Hall–Kier alpha value is -2.14. The average molecular weight is 349 g/mol. The van der Waals surface area contributed by atoms with Gasteiger partial charge >= 0.3 is 5.97 Å². The van der Waals surface area contributed by atoms with Gasteiger partial charge < -0.3 is 9.47 Å². The molecule has 0 heterocycles. The van der Waals surface area contributed by atoms with Crippen LogP contribution in [0.5, 0.6) is 5.75 Å². The van der Waals surface area contributed by atoms with Crippen molar-refractivity contribution in [3.63, 3.8) is 0 Å². The Morgan fingerprint density at radius 2 is 1.57 bits per heavy atom. The number of Topliss-reactive ketones (excluding diaryl/α,β-unsaturated/α-hetero) is 1. The van der Waals surface area contributed by atoms with Crippen molar-refractivity contribution < 1.29 is 19.1 Å². The van der Waals surface area contributed by atoms with Crippen LogP contribution in [0.4, 0.5) is 0 Å². The summed E-state index contributed by atoms with van der Waals surface area (Å²) in [7, 11) is 0. The van der Waals surface area contributed by atoms with Crippen LogP contribution in [0, 0.1) is 0 Å². The number of esters is 1. The summed E-state index contributed by atoms with van der Waals surface area (Å²) in [5, 5.41) is 0. The van der Waals surface area contributed by atoms with E-state index >= 15 is 0 Å². The predicted molar refractivity (Wildman–Crippen MR) is 81.4 cm³/mol. The first-order valence-electron chi connectivity index (χ1n) is 6.27. The molecule has 108 valence electrons. The summed E-state index contributed by atoms with van der Waals surface area (Å²) >= 11 is 3.30. The van der Waals surface area contributed by atoms with Gasteiger partial charge in [0.2, 0.25) is 0 Å². The number of rotatable bonds is 6. The van der Waals surface area contributed by atoms with Crippen LogP contribution in [0.2, 0.25) is 0 Å². The highest BCUT2D eigenvalue weighted by Crippen LogP contribution is 2.15. The molecule has 0 radical (unpaired) electrons. The van der Waals surface area contributed by atoms with Crippen molar-refractivity contribution in [3.05, 3.63) is 64.6 Å². The molecule has 0 aliphatic rings. The second-order valence-electron chi connectivity index (χ2n) is 4.19. The van der Waals surface area contributed by atoms with Crippen LogP contribution in [0.3, 0.4) is 0 Å². The molecule has 0 saturated carbocycles. The first kappa shape index (κ1) is 15.3. The summed E-state index contributed by atoms with van der Waals surface area (Å²) in [5.41, 5.74) is 0.513. The molecule has 0 aliphatic carbocycles. The number of hydrogen-bond donors (Lipinski definition) is 0. The molecule has 0 N–H and O–H groups in total. The summed E-state index contributed by atoms with van der Waals surface area (Å²) in [6, 6.07) is 15.7. The van der Waals surface area contributed by atoms with Gasteiger partial charge in [0.05, 0.1) is 0 Å². The molecule has 5 heteroatoms. The van der Waals surface area contributed by atoms with E-state index in [2.05, 4.69) is 15.9 Å². The Morgan fingerprint density at radius 1 is 0.905 bits per heavy atom. The Kier molecular flexibility index (Phi) is 5.51. The molecule has 0 unspecified atom stereocenters. The smallest absolute Gasteiger partial charge is 0.344 e. The molecule has 2 rings (SSSR count). The van der Waals surface area contributed by atoms with Crippen LogP contribution in [-0.2, 0) is 9.53 Å². The van der Waals surface area contributed by atoms with Gasteiger partial charge in [-0.25, -0.2) is 4.79 Å². The number of halogens is 1. The lowest BCUT2D eigenvalue weighted by atomic mass is 10.1. The highest BCUT2D eigenvalue weighted by molar-refractivity contribution is 9.10. The molecule has 0 spiro atoms. The van der Waals surface area contributed by atoms with Crippen LogP contribution >= 0.6 is 15.9 Å². The summed E-state index contributed by atoms with van der Waals surface area (Å²) < 4.78 is 11.1. The zero-order valence-electron chi connectivity index (χ0n) is 11.1. The first-order chi connectivity index (χ1) is 10.1. The third-order valence-electron chi connectivity index (χ3n) is 2.63. The van der Waals surface area contributed by atoms with Crippen molar-refractivity contribution >= 4 is 27.7 Å². The quantitative estimate of drug-likeness (QED) is 0.593. The normalized spacial score (nSPS) is 9.95. The van der Waals surface area contributed by atoms with Gasteiger partial charge in [0.25, 0.3) is 0 Å². The Morgan fingerprint density at radius 3 is 2.24 bits per heavy atom. The number of carbonyl (C=O) groups excluding carboxylic acids is 2. The van der Waals surface area contributed by atoms with Gasteiger partial charge in [-0.05, 0) is 24.3 Å². The summed E-state index contributed by atoms with van der Waals surface area (Å²) in [5.74, 6) is -0.265. The van der Waals surface area contributed by atoms with E-state index in [1.165, 1.54) is 0 Å². The van der Waals surface area contributed by atoms with Gasteiger partial charge in [0.1, 0.15) is 5.75 Å². The van der Waals surface area contributed by atoms with Crippen LogP contribution in [0.15, 0.2) is 59.1 Å². The lowest BCUT2D eigenvalue weighted by molar-refractivity contribution is -0.144. The maximum absolute atomic E-state index is 11.7. The number of ketones is 1. The topological polar surface area (TPSA) is 52.6 Å². The lowest BCUT2D eigenvalue weighted by Gasteiger charge is -2.06. The standard InChI is InChI=1S/C16H13BrO4/c17-13-6-8-14(9-7-13)20-11-16(19)21-10-15(18)12-4-2-1-3-5-12/h1-9H,10-11H2. The van der Waals surface area contributed by atoms with Gasteiger partial charge in [-0.2, -0.15) is 0 Å². The fraction of sp³-hybridized carbons (Fsp3) is 0.125. The molecular weight excluding hydrogens is 336 g/mol. The molecule has 0 atom stereocenters. The van der Waals surface area contributed by atoms with Gasteiger partial charge in [0, 0.05) is 10.0 Å². The Balaban J connectivity index is 1.75. The highest BCUT2D eigenvalue weighted by Gasteiger charge is 2.10. The molecule has 2 aromatic carbocycles. The molecule has 21 heavy (non-hydrogen) atoms. The van der Waals surface area contributed by atoms with E-state index in [0.717, 1.165) is 4.47 Å². The number of benzene rings is 2. The minimum Gasteiger partial charge on any atom is -0.482 e.